The number of rotatable bonds is 5. The van der Waals surface area contributed by atoms with Crippen molar-refractivity contribution in [2.24, 2.45) is 0 Å². The first-order chi connectivity index (χ1) is 12.0. The van der Waals surface area contributed by atoms with Gasteiger partial charge in [-0.15, -0.1) is 0 Å². The molecule has 0 saturated carbocycles. The van der Waals surface area contributed by atoms with Gasteiger partial charge >= 0.3 is 0 Å². The third kappa shape index (κ3) is 4.73. The summed E-state index contributed by atoms with van der Waals surface area (Å²) < 4.78 is 0. The number of hydrogen-bond donors (Lipinski definition) is 0. The molecule has 3 rings (SSSR count). The highest BCUT2D eigenvalue weighted by atomic mass is 35.5. The van der Waals surface area contributed by atoms with Gasteiger partial charge in [0.1, 0.15) is 0 Å². The minimum atomic E-state index is -0.104. The molecular formula is C18H11Cl3N2OS. The molecule has 25 heavy (non-hydrogen) atoms. The molecule has 0 radical (unpaired) electrons. The van der Waals surface area contributed by atoms with Crippen LogP contribution in [0.4, 0.5) is 0 Å². The van der Waals surface area contributed by atoms with E-state index in [1.54, 1.807) is 36.5 Å². The SMILES string of the molecule is O=C(CSc1nccc(-c2ccc(Cl)cc2)n1)c1ccc(Cl)cc1Cl. The first kappa shape index (κ1) is 18.2. The molecule has 0 bridgehead atoms. The van der Waals surface area contributed by atoms with Crippen molar-refractivity contribution in [2.75, 3.05) is 5.75 Å². The first-order valence-electron chi connectivity index (χ1n) is 7.23. The Balaban J connectivity index is 1.72. The van der Waals surface area contributed by atoms with Crippen molar-refractivity contribution in [3.63, 3.8) is 0 Å². The van der Waals surface area contributed by atoms with E-state index in [4.69, 9.17) is 34.8 Å². The van der Waals surface area contributed by atoms with Gasteiger partial charge in [0, 0.05) is 27.4 Å². The van der Waals surface area contributed by atoms with Gasteiger partial charge in [0.15, 0.2) is 10.9 Å². The molecule has 7 heteroatoms. The number of carbonyl (C=O) groups excluding carboxylic acids is 1. The predicted octanol–water partition coefficient (Wildman–Crippen LogP) is 6.08. The second kappa shape index (κ2) is 8.19. The van der Waals surface area contributed by atoms with Gasteiger partial charge < -0.3 is 0 Å². The highest BCUT2D eigenvalue weighted by molar-refractivity contribution is 7.99. The highest BCUT2D eigenvalue weighted by Gasteiger charge is 2.12. The van der Waals surface area contributed by atoms with Gasteiger partial charge in [0.2, 0.25) is 0 Å². The van der Waals surface area contributed by atoms with Crippen LogP contribution in [0.2, 0.25) is 15.1 Å². The molecule has 1 heterocycles. The Kier molecular flexibility index (Phi) is 5.97. The van der Waals surface area contributed by atoms with Crippen molar-refractivity contribution >= 4 is 52.3 Å². The van der Waals surface area contributed by atoms with Crippen molar-refractivity contribution < 1.29 is 4.79 Å². The number of hydrogen-bond acceptors (Lipinski definition) is 4. The van der Waals surface area contributed by atoms with Crippen molar-refractivity contribution in [3.8, 4) is 11.3 Å². The Morgan fingerprint density at radius 2 is 1.68 bits per heavy atom. The fourth-order valence-corrected chi connectivity index (χ4v) is 3.47. The largest absolute Gasteiger partial charge is 0.293 e. The van der Waals surface area contributed by atoms with Crippen LogP contribution >= 0.6 is 46.6 Å². The van der Waals surface area contributed by atoms with Crippen molar-refractivity contribution in [2.45, 2.75) is 5.16 Å². The number of aromatic nitrogens is 2. The Labute approximate surface area is 164 Å². The summed E-state index contributed by atoms with van der Waals surface area (Å²) in [4.78, 5) is 21.0. The number of benzene rings is 2. The zero-order valence-electron chi connectivity index (χ0n) is 12.7. The number of ketones is 1. The number of halogens is 3. The second-order valence-electron chi connectivity index (χ2n) is 5.07. The molecule has 0 N–H and O–H groups in total. The zero-order chi connectivity index (χ0) is 17.8. The summed E-state index contributed by atoms with van der Waals surface area (Å²) >= 11 is 19.1. The van der Waals surface area contributed by atoms with Crippen LogP contribution < -0.4 is 0 Å². The van der Waals surface area contributed by atoms with E-state index >= 15 is 0 Å². The summed E-state index contributed by atoms with van der Waals surface area (Å²) in [5, 5.41) is 2.02. The van der Waals surface area contributed by atoms with Crippen LogP contribution in [-0.4, -0.2) is 21.5 Å². The molecule has 3 aromatic rings. The van der Waals surface area contributed by atoms with Gasteiger partial charge in [-0.3, -0.25) is 4.79 Å². The lowest BCUT2D eigenvalue weighted by molar-refractivity contribution is 0.102. The zero-order valence-corrected chi connectivity index (χ0v) is 15.8. The van der Waals surface area contributed by atoms with Crippen molar-refractivity contribution in [1.82, 2.24) is 9.97 Å². The van der Waals surface area contributed by atoms with E-state index in [-0.39, 0.29) is 11.5 Å². The molecule has 0 unspecified atom stereocenters. The van der Waals surface area contributed by atoms with E-state index in [1.165, 1.54) is 11.8 Å². The monoisotopic (exact) mass is 408 g/mol. The molecule has 0 amide bonds. The average Bonchev–Trinajstić information content (AvgIpc) is 2.60. The Morgan fingerprint density at radius 3 is 2.40 bits per heavy atom. The lowest BCUT2D eigenvalue weighted by Crippen LogP contribution is -2.04. The molecule has 126 valence electrons. The molecular weight excluding hydrogens is 399 g/mol. The molecule has 1 aromatic heterocycles. The summed E-state index contributed by atoms with van der Waals surface area (Å²) in [6.07, 6.45) is 1.67. The minimum absolute atomic E-state index is 0.104. The molecule has 0 spiro atoms. The highest BCUT2D eigenvalue weighted by Crippen LogP contribution is 2.25. The second-order valence-corrected chi connectivity index (χ2v) is 7.29. The van der Waals surface area contributed by atoms with Crippen LogP contribution in [0.5, 0.6) is 0 Å². The van der Waals surface area contributed by atoms with E-state index in [1.807, 2.05) is 18.2 Å². The molecule has 0 saturated heterocycles. The van der Waals surface area contributed by atoms with Crippen LogP contribution in [0.25, 0.3) is 11.3 Å². The van der Waals surface area contributed by atoms with Gasteiger partial charge in [0.05, 0.1) is 16.5 Å². The summed E-state index contributed by atoms with van der Waals surface area (Å²) in [5.41, 5.74) is 2.14. The van der Waals surface area contributed by atoms with Crippen LogP contribution in [-0.2, 0) is 0 Å². The Hall–Kier alpha value is -1.59. The van der Waals surface area contributed by atoms with Crippen molar-refractivity contribution in [1.29, 1.82) is 0 Å². The maximum atomic E-state index is 12.3. The minimum Gasteiger partial charge on any atom is -0.293 e. The Bertz CT molecular complexity index is 916. The topological polar surface area (TPSA) is 42.9 Å². The Morgan fingerprint density at radius 1 is 0.960 bits per heavy atom. The van der Waals surface area contributed by atoms with E-state index in [9.17, 15) is 4.79 Å². The molecule has 0 atom stereocenters. The fraction of sp³-hybridized carbons (Fsp3) is 0.0556. The third-order valence-corrected chi connectivity index (χ3v) is 5.00. The average molecular weight is 410 g/mol. The molecule has 0 aliphatic carbocycles. The van der Waals surface area contributed by atoms with Crippen LogP contribution in [0.1, 0.15) is 10.4 Å². The van der Waals surface area contributed by atoms with Gasteiger partial charge in [-0.1, -0.05) is 58.7 Å². The lowest BCUT2D eigenvalue weighted by Gasteiger charge is -2.05. The van der Waals surface area contributed by atoms with E-state index in [2.05, 4.69) is 9.97 Å². The van der Waals surface area contributed by atoms with Crippen LogP contribution in [0, 0.1) is 0 Å². The maximum absolute atomic E-state index is 12.3. The summed E-state index contributed by atoms with van der Waals surface area (Å²) in [5.74, 6) is 0.0815. The molecule has 0 fully saturated rings. The number of nitrogens with zero attached hydrogens (tertiary/aromatic N) is 2. The lowest BCUT2D eigenvalue weighted by atomic mass is 10.1. The summed E-state index contributed by atoms with van der Waals surface area (Å²) in [6.45, 7) is 0. The van der Waals surface area contributed by atoms with E-state index in [0.29, 0.717) is 25.8 Å². The standard InChI is InChI=1S/C18H11Cl3N2OS/c19-12-3-1-11(2-4-12)16-7-8-22-18(23-16)25-10-17(24)14-6-5-13(20)9-15(14)21/h1-9H,10H2. The maximum Gasteiger partial charge on any atom is 0.188 e. The van der Waals surface area contributed by atoms with Gasteiger partial charge in [0.25, 0.3) is 0 Å². The van der Waals surface area contributed by atoms with E-state index in [0.717, 1.165) is 11.3 Å². The van der Waals surface area contributed by atoms with Crippen LogP contribution in [0.15, 0.2) is 59.9 Å². The molecule has 0 aliphatic heterocycles. The van der Waals surface area contributed by atoms with Gasteiger partial charge in [-0.2, -0.15) is 0 Å². The first-order valence-corrected chi connectivity index (χ1v) is 9.35. The normalized spacial score (nSPS) is 10.7. The number of carbonyl (C=O) groups is 1. The summed E-state index contributed by atoms with van der Waals surface area (Å²) in [7, 11) is 0. The predicted molar refractivity (Wildman–Crippen MR) is 104 cm³/mol. The van der Waals surface area contributed by atoms with Gasteiger partial charge in [-0.25, -0.2) is 9.97 Å². The van der Waals surface area contributed by atoms with Crippen molar-refractivity contribution in [3.05, 3.63) is 75.4 Å². The fourth-order valence-electron chi connectivity index (χ4n) is 2.12. The van der Waals surface area contributed by atoms with E-state index < -0.39 is 0 Å². The molecule has 2 aromatic carbocycles. The van der Waals surface area contributed by atoms with Crippen LogP contribution in [0.3, 0.4) is 0 Å². The quantitative estimate of drug-likeness (QED) is 0.291. The van der Waals surface area contributed by atoms with Gasteiger partial charge in [-0.05, 0) is 36.4 Å². The number of thioether (sulfide) groups is 1. The smallest absolute Gasteiger partial charge is 0.188 e. The number of Topliss-reactive ketones (excluding diaryl/α,β-unsaturated/α-hetero) is 1. The molecule has 3 nitrogen and oxygen atoms in total. The molecule has 0 aliphatic rings. The summed E-state index contributed by atoms with van der Waals surface area (Å²) in [6, 6.07) is 14.0. The third-order valence-electron chi connectivity index (χ3n) is 3.34.